The maximum atomic E-state index is 12.9. The molecule has 2 aromatic rings. The summed E-state index contributed by atoms with van der Waals surface area (Å²) >= 11 is 0. The molecule has 0 spiro atoms. The van der Waals surface area contributed by atoms with Crippen LogP contribution in [0.5, 0.6) is 0 Å². The second-order valence-corrected chi connectivity index (χ2v) is 4.67. The maximum absolute atomic E-state index is 12.9. The number of aromatic nitrogens is 1. The Morgan fingerprint density at radius 3 is 2.58 bits per heavy atom. The van der Waals surface area contributed by atoms with Crippen LogP contribution in [-0.2, 0) is 6.42 Å². The van der Waals surface area contributed by atoms with Gasteiger partial charge in [0.1, 0.15) is 5.82 Å². The van der Waals surface area contributed by atoms with E-state index in [1.807, 2.05) is 31.3 Å². The van der Waals surface area contributed by atoms with Crippen molar-refractivity contribution in [2.24, 2.45) is 0 Å². The molecule has 0 bridgehead atoms. The van der Waals surface area contributed by atoms with Gasteiger partial charge in [0.15, 0.2) is 0 Å². The van der Waals surface area contributed by atoms with Crippen LogP contribution in [0.4, 0.5) is 4.39 Å². The third-order valence-electron chi connectivity index (χ3n) is 3.13. The first-order valence-electron chi connectivity index (χ1n) is 6.59. The minimum atomic E-state index is -0.191. The zero-order valence-corrected chi connectivity index (χ0v) is 11.4. The lowest BCUT2D eigenvalue weighted by atomic mass is 9.99. The van der Waals surface area contributed by atoms with Gasteiger partial charge in [-0.1, -0.05) is 19.1 Å². The van der Waals surface area contributed by atoms with Crippen LogP contribution in [0, 0.1) is 12.7 Å². The van der Waals surface area contributed by atoms with Crippen molar-refractivity contribution in [3.8, 4) is 0 Å². The summed E-state index contributed by atoms with van der Waals surface area (Å²) < 4.78 is 12.9. The Morgan fingerprint density at radius 1 is 1.21 bits per heavy atom. The van der Waals surface area contributed by atoms with Gasteiger partial charge in [-0.3, -0.25) is 4.98 Å². The summed E-state index contributed by atoms with van der Waals surface area (Å²) in [5.41, 5.74) is 3.36. The van der Waals surface area contributed by atoms with Gasteiger partial charge >= 0.3 is 0 Å². The summed E-state index contributed by atoms with van der Waals surface area (Å²) in [7, 11) is 0. The van der Waals surface area contributed by atoms with Crippen LogP contribution in [0.2, 0.25) is 0 Å². The number of nitrogens with one attached hydrogen (secondary N) is 1. The van der Waals surface area contributed by atoms with Crippen LogP contribution in [0.15, 0.2) is 42.6 Å². The van der Waals surface area contributed by atoms with E-state index in [4.69, 9.17) is 0 Å². The largest absolute Gasteiger partial charge is 0.310 e. The van der Waals surface area contributed by atoms with E-state index in [1.54, 1.807) is 0 Å². The van der Waals surface area contributed by atoms with Crippen LogP contribution in [-0.4, -0.2) is 11.5 Å². The van der Waals surface area contributed by atoms with Gasteiger partial charge in [0.25, 0.3) is 0 Å². The Morgan fingerprint density at radius 2 is 1.95 bits per heavy atom. The number of nitrogens with zero attached hydrogens (tertiary/aromatic N) is 1. The van der Waals surface area contributed by atoms with Gasteiger partial charge in [0.05, 0.1) is 0 Å². The number of hydrogen-bond acceptors (Lipinski definition) is 2. The molecule has 0 aliphatic rings. The Hall–Kier alpha value is -1.74. The summed E-state index contributed by atoms with van der Waals surface area (Å²) in [5, 5.41) is 3.47. The number of hydrogen-bond donors (Lipinski definition) is 1. The number of halogens is 1. The molecule has 1 heterocycles. The third kappa shape index (κ3) is 3.86. The highest BCUT2D eigenvalue weighted by Crippen LogP contribution is 2.19. The minimum Gasteiger partial charge on any atom is -0.310 e. The summed E-state index contributed by atoms with van der Waals surface area (Å²) in [5.74, 6) is -0.191. The summed E-state index contributed by atoms with van der Waals surface area (Å²) in [6, 6.07) is 11.1. The van der Waals surface area contributed by atoms with E-state index in [0.717, 1.165) is 24.2 Å². The van der Waals surface area contributed by atoms with Crippen molar-refractivity contribution in [1.29, 1.82) is 0 Å². The number of likely N-dealkylation sites (N-methyl/N-ethyl adjacent to an activating group) is 1. The van der Waals surface area contributed by atoms with Crippen LogP contribution >= 0.6 is 0 Å². The molecule has 100 valence electrons. The molecule has 0 amide bonds. The van der Waals surface area contributed by atoms with Crippen molar-refractivity contribution in [3.05, 3.63) is 65.2 Å². The highest BCUT2D eigenvalue weighted by Gasteiger charge is 2.11. The molecule has 0 saturated heterocycles. The Bertz CT molecular complexity index is 523. The topological polar surface area (TPSA) is 24.9 Å². The second kappa shape index (κ2) is 6.43. The number of rotatable bonds is 5. The average Bonchev–Trinajstić information content (AvgIpc) is 2.41. The average molecular weight is 258 g/mol. The number of aryl methyl sites for hydroxylation is 1. The lowest BCUT2D eigenvalue weighted by Gasteiger charge is -2.18. The molecule has 1 N–H and O–H groups in total. The normalized spacial score (nSPS) is 12.4. The van der Waals surface area contributed by atoms with Gasteiger partial charge in [0.2, 0.25) is 0 Å². The molecule has 1 atom stereocenters. The number of pyridine rings is 1. The lowest BCUT2D eigenvalue weighted by molar-refractivity contribution is 0.548. The molecule has 1 aromatic heterocycles. The van der Waals surface area contributed by atoms with Gasteiger partial charge in [-0.2, -0.15) is 0 Å². The monoisotopic (exact) mass is 258 g/mol. The predicted octanol–water partition coefficient (Wildman–Crippen LogP) is 3.42. The summed E-state index contributed by atoms with van der Waals surface area (Å²) in [4.78, 5) is 4.22. The van der Waals surface area contributed by atoms with E-state index in [9.17, 15) is 4.39 Å². The molecule has 0 radical (unpaired) electrons. The Kier molecular flexibility index (Phi) is 4.63. The van der Waals surface area contributed by atoms with Crippen molar-refractivity contribution in [1.82, 2.24) is 10.3 Å². The van der Waals surface area contributed by atoms with E-state index in [0.29, 0.717) is 0 Å². The van der Waals surface area contributed by atoms with E-state index >= 15 is 0 Å². The zero-order valence-electron chi connectivity index (χ0n) is 11.4. The fourth-order valence-electron chi connectivity index (χ4n) is 2.19. The molecule has 0 aliphatic carbocycles. The second-order valence-electron chi connectivity index (χ2n) is 4.67. The molecule has 0 saturated carbocycles. The third-order valence-corrected chi connectivity index (χ3v) is 3.13. The molecule has 1 aromatic carbocycles. The van der Waals surface area contributed by atoms with Crippen LogP contribution in [0.25, 0.3) is 0 Å². The molecule has 19 heavy (non-hydrogen) atoms. The molecule has 2 rings (SSSR count). The zero-order chi connectivity index (χ0) is 13.7. The van der Waals surface area contributed by atoms with E-state index < -0.39 is 0 Å². The quantitative estimate of drug-likeness (QED) is 0.888. The highest BCUT2D eigenvalue weighted by molar-refractivity contribution is 5.24. The van der Waals surface area contributed by atoms with E-state index in [2.05, 4.69) is 23.3 Å². The SMILES string of the molecule is CCNC(Cc1ccc(F)cc1)c1ccnc(C)c1. The van der Waals surface area contributed by atoms with E-state index in [1.165, 1.54) is 17.7 Å². The van der Waals surface area contributed by atoms with Gasteiger partial charge in [0, 0.05) is 17.9 Å². The van der Waals surface area contributed by atoms with Crippen molar-refractivity contribution < 1.29 is 4.39 Å². The molecule has 0 aliphatic heterocycles. The first kappa shape index (κ1) is 13.7. The lowest BCUT2D eigenvalue weighted by Crippen LogP contribution is -2.23. The molecule has 3 heteroatoms. The Balaban J connectivity index is 2.18. The molecule has 0 fully saturated rings. The number of benzene rings is 1. The molecule has 1 unspecified atom stereocenters. The van der Waals surface area contributed by atoms with E-state index in [-0.39, 0.29) is 11.9 Å². The molecular formula is C16H19FN2. The summed E-state index contributed by atoms with van der Waals surface area (Å²) in [6.45, 7) is 4.98. The van der Waals surface area contributed by atoms with Crippen LogP contribution in [0.1, 0.15) is 29.8 Å². The predicted molar refractivity (Wildman–Crippen MR) is 75.5 cm³/mol. The minimum absolute atomic E-state index is 0.191. The molecule has 2 nitrogen and oxygen atoms in total. The van der Waals surface area contributed by atoms with Crippen molar-refractivity contribution in [3.63, 3.8) is 0 Å². The fourth-order valence-corrected chi connectivity index (χ4v) is 2.19. The van der Waals surface area contributed by atoms with Crippen LogP contribution < -0.4 is 5.32 Å². The van der Waals surface area contributed by atoms with Crippen molar-refractivity contribution in [2.45, 2.75) is 26.3 Å². The van der Waals surface area contributed by atoms with Gasteiger partial charge in [-0.25, -0.2) is 4.39 Å². The van der Waals surface area contributed by atoms with Gasteiger partial charge in [-0.05, 0) is 55.3 Å². The van der Waals surface area contributed by atoms with Crippen molar-refractivity contribution >= 4 is 0 Å². The highest BCUT2D eigenvalue weighted by atomic mass is 19.1. The van der Waals surface area contributed by atoms with Crippen LogP contribution in [0.3, 0.4) is 0 Å². The molecular weight excluding hydrogens is 239 g/mol. The summed E-state index contributed by atoms with van der Waals surface area (Å²) in [6.07, 6.45) is 2.68. The van der Waals surface area contributed by atoms with Gasteiger partial charge < -0.3 is 5.32 Å². The first-order chi connectivity index (χ1) is 9.19. The fraction of sp³-hybridized carbons (Fsp3) is 0.312. The van der Waals surface area contributed by atoms with Gasteiger partial charge in [-0.15, -0.1) is 0 Å². The Labute approximate surface area is 113 Å². The maximum Gasteiger partial charge on any atom is 0.123 e. The van der Waals surface area contributed by atoms with Crippen molar-refractivity contribution in [2.75, 3.05) is 6.54 Å². The standard InChI is InChI=1S/C16H19FN2/c1-3-18-16(14-8-9-19-12(2)10-14)11-13-4-6-15(17)7-5-13/h4-10,16,18H,3,11H2,1-2H3. The first-order valence-corrected chi connectivity index (χ1v) is 6.59. The smallest absolute Gasteiger partial charge is 0.123 e.